The van der Waals surface area contributed by atoms with Crippen LogP contribution in [-0.4, -0.2) is 27.5 Å². The van der Waals surface area contributed by atoms with Gasteiger partial charge in [-0.25, -0.2) is 9.50 Å². The molecule has 1 fully saturated rings. The first-order valence-corrected chi connectivity index (χ1v) is 5.81. The first kappa shape index (κ1) is 10.4. The van der Waals surface area contributed by atoms with Crippen molar-refractivity contribution in [2.75, 3.05) is 6.61 Å². The maximum absolute atomic E-state index is 10.9. The predicted octanol–water partition coefficient (Wildman–Crippen LogP) is 1.78. The fourth-order valence-electron chi connectivity index (χ4n) is 2.11. The van der Waals surface area contributed by atoms with Gasteiger partial charge in [0.25, 0.3) is 0 Å². The summed E-state index contributed by atoms with van der Waals surface area (Å²) in [6.07, 6.45) is 3.95. The van der Waals surface area contributed by atoms with Crippen LogP contribution in [0.15, 0.2) is 18.2 Å². The maximum Gasteiger partial charge on any atom is 0.180 e. The number of ether oxygens (including phenoxy) is 1. The minimum Gasteiger partial charge on any atom is -0.370 e. The molecule has 1 aliphatic rings. The number of carbonyl (C=O) groups is 1. The number of aromatic nitrogens is 3. The zero-order valence-electron chi connectivity index (χ0n) is 9.37. The van der Waals surface area contributed by atoms with Crippen LogP contribution >= 0.6 is 0 Å². The van der Waals surface area contributed by atoms with Crippen LogP contribution in [0.2, 0.25) is 0 Å². The van der Waals surface area contributed by atoms with Crippen molar-refractivity contribution in [2.45, 2.75) is 25.4 Å². The Bertz CT molecular complexity index is 544. The summed E-state index contributed by atoms with van der Waals surface area (Å²) in [6, 6.07) is 5.37. The van der Waals surface area contributed by atoms with Gasteiger partial charge in [-0.1, -0.05) is 6.07 Å². The predicted molar refractivity (Wildman–Crippen MR) is 60.9 cm³/mol. The maximum atomic E-state index is 10.9. The Kier molecular flexibility index (Phi) is 2.60. The van der Waals surface area contributed by atoms with E-state index in [-0.39, 0.29) is 6.10 Å². The van der Waals surface area contributed by atoms with E-state index in [1.165, 1.54) is 0 Å². The van der Waals surface area contributed by atoms with Crippen molar-refractivity contribution in [3.05, 3.63) is 29.7 Å². The van der Waals surface area contributed by atoms with Crippen LogP contribution in [0.25, 0.3) is 5.65 Å². The Morgan fingerprint density at radius 2 is 2.35 bits per heavy atom. The van der Waals surface area contributed by atoms with Gasteiger partial charge in [0.2, 0.25) is 0 Å². The molecule has 0 N–H and O–H groups in total. The summed E-state index contributed by atoms with van der Waals surface area (Å²) in [6.45, 7) is 0.765. The molecular formula is C12H13N3O2. The third-order valence-electron chi connectivity index (χ3n) is 2.99. The fraction of sp³-hybridized carbons (Fsp3) is 0.417. The number of pyridine rings is 1. The lowest BCUT2D eigenvalue weighted by Crippen LogP contribution is -2.13. The Morgan fingerprint density at radius 3 is 3.12 bits per heavy atom. The van der Waals surface area contributed by atoms with Gasteiger partial charge in [-0.05, 0) is 31.4 Å². The highest BCUT2D eigenvalue weighted by Crippen LogP contribution is 2.25. The molecule has 2 aromatic rings. The first-order valence-electron chi connectivity index (χ1n) is 5.81. The molecule has 0 radical (unpaired) electrons. The van der Waals surface area contributed by atoms with Crippen molar-refractivity contribution in [1.29, 1.82) is 0 Å². The third-order valence-corrected chi connectivity index (χ3v) is 2.99. The lowest BCUT2D eigenvalue weighted by molar-refractivity contribution is 0.00960. The van der Waals surface area contributed by atoms with E-state index in [0.717, 1.165) is 32.2 Å². The number of hydrogen-bond donors (Lipinski definition) is 0. The fourth-order valence-corrected chi connectivity index (χ4v) is 2.11. The smallest absolute Gasteiger partial charge is 0.180 e. The molecule has 0 saturated carbocycles. The van der Waals surface area contributed by atoms with Crippen molar-refractivity contribution < 1.29 is 9.53 Å². The highest BCUT2D eigenvalue weighted by molar-refractivity contribution is 5.73. The van der Waals surface area contributed by atoms with Crippen LogP contribution in [0.1, 0.15) is 41.7 Å². The third kappa shape index (κ3) is 1.82. The van der Waals surface area contributed by atoms with E-state index < -0.39 is 0 Å². The second-order valence-corrected chi connectivity index (χ2v) is 4.16. The number of nitrogens with zero attached hydrogens (tertiary/aromatic N) is 3. The second-order valence-electron chi connectivity index (χ2n) is 4.16. The van der Waals surface area contributed by atoms with Crippen LogP contribution in [0.4, 0.5) is 0 Å². The molecule has 0 aromatic carbocycles. The van der Waals surface area contributed by atoms with Gasteiger partial charge in [-0.2, -0.15) is 0 Å². The van der Waals surface area contributed by atoms with Crippen molar-refractivity contribution in [1.82, 2.24) is 14.6 Å². The molecule has 5 heteroatoms. The molecule has 1 aliphatic heterocycles. The average molecular weight is 231 g/mol. The summed E-state index contributed by atoms with van der Waals surface area (Å²) in [5, 5.41) is 4.36. The number of hydrogen-bond acceptors (Lipinski definition) is 4. The van der Waals surface area contributed by atoms with Gasteiger partial charge in [-0.3, -0.25) is 4.79 Å². The Hall–Kier alpha value is -1.75. The molecule has 2 aromatic heterocycles. The van der Waals surface area contributed by atoms with E-state index in [2.05, 4.69) is 10.1 Å². The van der Waals surface area contributed by atoms with E-state index in [4.69, 9.17) is 4.74 Å². The highest BCUT2D eigenvalue weighted by Gasteiger charge is 2.21. The van der Waals surface area contributed by atoms with Crippen molar-refractivity contribution in [2.24, 2.45) is 0 Å². The van der Waals surface area contributed by atoms with Crippen molar-refractivity contribution in [3.8, 4) is 0 Å². The molecule has 17 heavy (non-hydrogen) atoms. The summed E-state index contributed by atoms with van der Waals surface area (Å²) in [7, 11) is 0. The molecule has 3 heterocycles. The van der Waals surface area contributed by atoms with Gasteiger partial charge in [0.1, 0.15) is 11.8 Å². The lowest BCUT2D eigenvalue weighted by Gasteiger charge is -2.19. The summed E-state index contributed by atoms with van der Waals surface area (Å²) in [5.74, 6) is 0.680. The molecule has 88 valence electrons. The minimum absolute atomic E-state index is 0.0249. The molecule has 0 spiro atoms. The van der Waals surface area contributed by atoms with Gasteiger partial charge in [0, 0.05) is 6.61 Å². The van der Waals surface area contributed by atoms with Gasteiger partial charge in [-0.15, -0.1) is 5.10 Å². The normalized spacial score (nSPS) is 20.6. The number of rotatable bonds is 2. The molecule has 1 unspecified atom stereocenters. The molecule has 1 atom stereocenters. The molecule has 1 saturated heterocycles. The second kappa shape index (κ2) is 4.25. The molecule has 0 aliphatic carbocycles. The molecule has 3 rings (SSSR count). The number of fused-ring (bicyclic) bond motifs is 1. The number of carbonyl (C=O) groups excluding carboxylic acids is 1. The largest absolute Gasteiger partial charge is 0.370 e. The molecule has 5 nitrogen and oxygen atoms in total. The van der Waals surface area contributed by atoms with Crippen molar-refractivity contribution in [3.63, 3.8) is 0 Å². The number of aldehydes is 1. The minimum atomic E-state index is -0.0249. The first-order chi connectivity index (χ1) is 8.38. The summed E-state index contributed by atoms with van der Waals surface area (Å²) in [4.78, 5) is 15.3. The topological polar surface area (TPSA) is 56.5 Å². The Balaban J connectivity index is 2.03. The quantitative estimate of drug-likeness (QED) is 0.739. The lowest BCUT2D eigenvalue weighted by atomic mass is 10.1. The van der Waals surface area contributed by atoms with E-state index in [0.29, 0.717) is 17.2 Å². The van der Waals surface area contributed by atoms with Crippen molar-refractivity contribution >= 4 is 11.9 Å². The monoisotopic (exact) mass is 231 g/mol. The van der Waals surface area contributed by atoms with Crippen LogP contribution in [0.5, 0.6) is 0 Å². The van der Waals surface area contributed by atoms with E-state index >= 15 is 0 Å². The van der Waals surface area contributed by atoms with Crippen LogP contribution in [-0.2, 0) is 4.74 Å². The molecule has 0 bridgehead atoms. The van der Waals surface area contributed by atoms with Gasteiger partial charge in [0.15, 0.2) is 17.8 Å². The zero-order chi connectivity index (χ0) is 11.7. The SMILES string of the molecule is O=Cc1cccc2nc(C3CCCCO3)nn12. The Labute approximate surface area is 98.4 Å². The average Bonchev–Trinajstić information content (AvgIpc) is 2.83. The van der Waals surface area contributed by atoms with E-state index in [1.807, 2.05) is 6.07 Å². The summed E-state index contributed by atoms with van der Waals surface area (Å²) in [5.41, 5.74) is 1.20. The molecular weight excluding hydrogens is 218 g/mol. The standard InChI is InChI=1S/C12H13N3O2/c16-8-9-4-3-6-11-13-12(14-15(9)11)10-5-1-2-7-17-10/h3-4,6,8,10H,1-2,5,7H2. The van der Waals surface area contributed by atoms with Crippen LogP contribution in [0, 0.1) is 0 Å². The van der Waals surface area contributed by atoms with Gasteiger partial charge in [0.05, 0.1) is 0 Å². The summed E-state index contributed by atoms with van der Waals surface area (Å²) >= 11 is 0. The van der Waals surface area contributed by atoms with E-state index in [1.54, 1.807) is 16.6 Å². The van der Waals surface area contributed by atoms with Crippen LogP contribution < -0.4 is 0 Å². The summed E-state index contributed by atoms with van der Waals surface area (Å²) < 4.78 is 7.21. The Morgan fingerprint density at radius 1 is 1.41 bits per heavy atom. The van der Waals surface area contributed by atoms with Gasteiger partial charge >= 0.3 is 0 Å². The highest BCUT2D eigenvalue weighted by atomic mass is 16.5. The van der Waals surface area contributed by atoms with E-state index in [9.17, 15) is 4.79 Å². The van der Waals surface area contributed by atoms with Gasteiger partial charge < -0.3 is 4.74 Å². The van der Waals surface area contributed by atoms with Crippen LogP contribution in [0.3, 0.4) is 0 Å². The zero-order valence-corrected chi connectivity index (χ0v) is 9.37. The molecule has 0 amide bonds.